The van der Waals surface area contributed by atoms with Gasteiger partial charge in [-0.2, -0.15) is 0 Å². The van der Waals surface area contributed by atoms with E-state index in [1.165, 1.54) is 13.0 Å². The average Bonchev–Trinajstić information content (AvgIpc) is 3.25. The number of aryl methyl sites for hydroxylation is 2. The van der Waals surface area contributed by atoms with Gasteiger partial charge in [-0.3, -0.25) is 19.4 Å². The number of amides is 1. The van der Waals surface area contributed by atoms with Gasteiger partial charge in [0.1, 0.15) is 17.5 Å². The van der Waals surface area contributed by atoms with Gasteiger partial charge in [0.2, 0.25) is 0 Å². The minimum atomic E-state index is -4.01. The summed E-state index contributed by atoms with van der Waals surface area (Å²) in [5.41, 5.74) is 1.76. The number of sulfonamides is 1. The van der Waals surface area contributed by atoms with Gasteiger partial charge >= 0.3 is 0 Å². The van der Waals surface area contributed by atoms with Crippen LogP contribution in [0.3, 0.4) is 0 Å². The number of aromatic nitrogens is 2. The van der Waals surface area contributed by atoms with Crippen molar-refractivity contribution in [1.82, 2.24) is 19.9 Å². The molecule has 1 aliphatic rings. The summed E-state index contributed by atoms with van der Waals surface area (Å²) in [4.78, 5) is 21.5. The Balaban J connectivity index is 1.65. The predicted octanol–water partition coefficient (Wildman–Crippen LogP) is 2.84. The van der Waals surface area contributed by atoms with E-state index in [-0.39, 0.29) is 52.1 Å². The molecule has 0 bridgehead atoms. The second-order valence-electron chi connectivity index (χ2n) is 10.1. The van der Waals surface area contributed by atoms with Crippen molar-refractivity contribution < 1.29 is 27.6 Å². The van der Waals surface area contributed by atoms with Gasteiger partial charge in [-0.15, -0.1) is 0 Å². The third kappa shape index (κ3) is 6.40. The van der Waals surface area contributed by atoms with Crippen LogP contribution in [0, 0.1) is 19.8 Å². The number of anilines is 1. The summed E-state index contributed by atoms with van der Waals surface area (Å²) in [6, 6.07) is 8.12. The van der Waals surface area contributed by atoms with Gasteiger partial charge in [-0.05, 0) is 63.7 Å². The molecule has 0 saturated carbocycles. The van der Waals surface area contributed by atoms with Crippen LogP contribution in [-0.4, -0.2) is 78.3 Å². The van der Waals surface area contributed by atoms with E-state index in [0.29, 0.717) is 25.4 Å². The highest BCUT2D eigenvalue weighted by Crippen LogP contribution is 2.32. The number of ether oxygens (including phenoxy) is 1. The SMILES string of the molecule is Cc1noc(C)c1S(=O)(=O)Nc1ccc2c(c1)C(=O)N([C@@H](C)CO)C[C@@H](C)[C@@H](CN(C)Cc1ccncc1)O2. The first-order chi connectivity index (χ1) is 18.5. The molecule has 0 spiro atoms. The van der Waals surface area contributed by atoms with Crippen LogP contribution < -0.4 is 9.46 Å². The topological polar surface area (TPSA) is 138 Å². The van der Waals surface area contributed by atoms with Crippen molar-refractivity contribution in [2.75, 3.05) is 31.5 Å². The molecule has 1 aromatic carbocycles. The Morgan fingerprint density at radius 1 is 1.23 bits per heavy atom. The molecule has 1 aliphatic heterocycles. The second-order valence-corrected chi connectivity index (χ2v) is 11.8. The highest BCUT2D eigenvalue weighted by atomic mass is 32.2. The number of hydrogen-bond acceptors (Lipinski definition) is 9. The molecule has 2 aromatic heterocycles. The minimum Gasteiger partial charge on any atom is -0.488 e. The number of aliphatic hydroxyl groups is 1. The fourth-order valence-electron chi connectivity index (χ4n) is 4.74. The second kappa shape index (κ2) is 11.7. The van der Waals surface area contributed by atoms with Crippen LogP contribution in [0.4, 0.5) is 5.69 Å². The molecule has 0 saturated heterocycles. The Morgan fingerprint density at radius 2 is 1.95 bits per heavy atom. The molecule has 3 atom stereocenters. The third-order valence-electron chi connectivity index (χ3n) is 6.85. The van der Waals surface area contributed by atoms with E-state index in [0.717, 1.165) is 5.56 Å². The van der Waals surface area contributed by atoms with E-state index >= 15 is 0 Å². The summed E-state index contributed by atoms with van der Waals surface area (Å²) in [5, 5.41) is 13.6. The molecule has 4 rings (SSSR count). The zero-order valence-electron chi connectivity index (χ0n) is 22.8. The first-order valence-electron chi connectivity index (χ1n) is 12.8. The fourth-order valence-corrected chi connectivity index (χ4v) is 6.12. The Labute approximate surface area is 228 Å². The van der Waals surface area contributed by atoms with Gasteiger partial charge in [0, 0.05) is 43.6 Å². The molecule has 1 amide bonds. The molecule has 0 aliphatic carbocycles. The summed E-state index contributed by atoms with van der Waals surface area (Å²) >= 11 is 0. The monoisotopic (exact) mass is 557 g/mol. The number of likely N-dealkylation sites (N-methyl/N-ethyl adjacent to an activating group) is 1. The number of aliphatic hydroxyl groups excluding tert-OH is 1. The minimum absolute atomic E-state index is 0.0431. The lowest BCUT2D eigenvalue weighted by atomic mass is 9.99. The number of nitrogens with one attached hydrogen (secondary N) is 1. The molecule has 39 heavy (non-hydrogen) atoms. The van der Waals surface area contributed by atoms with E-state index in [1.54, 1.807) is 43.3 Å². The largest absolute Gasteiger partial charge is 0.488 e. The van der Waals surface area contributed by atoms with Crippen molar-refractivity contribution in [1.29, 1.82) is 0 Å². The third-order valence-corrected chi connectivity index (χ3v) is 8.47. The van der Waals surface area contributed by atoms with E-state index < -0.39 is 16.1 Å². The molecule has 0 fully saturated rings. The Bertz CT molecular complexity index is 1390. The van der Waals surface area contributed by atoms with Gasteiger partial charge < -0.3 is 19.3 Å². The fraction of sp³-hybridized carbons (Fsp3) is 0.444. The number of fused-ring (bicyclic) bond motifs is 1. The molecular formula is C27H35N5O6S. The van der Waals surface area contributed by atoms with Crippen molar-refractivity contribution in [2.45, 2.75) is 51.3 Å². The van der Waals surface area contributed by atoms with E-state index in [4.69, 9.17) is 9.26 Å². The molecule has 11 nitrogen and oxygen atoms in total. The van der Waals surface area contributed by atoms with Crippen LogP contribution in [0.25, 0.3) is 0 Å². The summed E-state index contributed by atoms with van der Waals surface area (Å²) in [5.74, 6) is 0.125. The number of benzene rings is 1. The number of rotatable bonds is 9. The molecule has 3 heterocycles. The first-order valence-corrected chi connectivity index (χ1v) is 14.2. The van der Waals surface area contributed by atoms with Gasteiger partial charge in [-0.1, -0.05) is 12.1 Å². The van der Waals surface area contributed by atoms with E-state index in [9.17, 15) is 18.3 Å². The highest BCUT2D eigenvalue weighted by Gasteiger charge is 2.34. The summed E-state index contributed by atoms with van der Waals surface area (Å²) in [7, 11) is -2.01. The Hall–Kier alpha value is -3.48. The van der Waals surface area contributed by atoms with Gasteiger partial charge in [0.25, 0.3) is 15.9 Å². The van der Waals surface area contributed by atoms with Gasteiger partial charge in [0.05, 0.1) is 18.2 Å². The van der Waals surface area contributed by atoms with Crippen LogP contribution in [-0.2, 0) is 16.6 Å². The van der Waals surface area contributed by atoms with Crippen LogP contribution >= 0.6 is 0 Å². The average molecular weight is 558 g/mol. The Morgan fingerprint density at radius 3 is 2.59 bits per heavy atom. The number of hydrogen-bond donors (Lipinski definition) is 2. The standard InChI is InChI=1S/C27H35N5O6S/c1-17-13-32(18(2)16-33)27(34)23-12-22(30-39(35,36)26-19(3)29-38-20(26)4)6-7-24(23)37-25(17)15-31(5)14-21-8-10-28-11-9-21/h6-12,17-18,25,30,33H,13-16H2,1-5H3/t17-,18+,25-/m1/s1. The number of carbonyl (C=O) groups is 1. The number of pyridine rings is 1. The highest BCUT2D eigenvalue weighted by molar-refractivity contribution is 7.92. The van der Waals surface area contributed by atoms with Crippen molar-refractivity contribution in [3.8, 4) is 5.75 Å². The summed E-state index contributed by atoms with van der Waals surface area (Å²) in [6.07, 6.45) is 3.24. The zero-order valence-corrected chi connectivity index (χ0v) is 23.6. The van der Waals surface area contributed by atoms with Crippen LogP contribution in [0.15, 0.2) is 52.1 Å². The normalized spacial score (nSPS) is 18.7. The van der Waals surface area contributed by atoms with Gasteiger partial charge in [0.15, 0.2) is 10.7 Å². The lowest BCUT2D eigenvalue weighted by Gasteiger charge is -2.38. The van der Waals surface area contributed by atoms with E-state index in [1.807, 2.05) is 26.1 Å². The molecule has 2 N–H and O–H groups in total. The molecule has 12 heteroatoms. The lowest BCUT2D eigenvalue weighted by Crippen LogP contribution is -2.49. The predicted molar refractivity (Wildman–Crippen MR) is 145 cm³/mol. The zero-order chi connectivity index (χ0) is 28.3. The van der Waals surface area contributed by atoms with Crippen molar-refractivity contribution in [2.24, 2.45) is 5.92 Å². The van der Waals surface area contributed by atoms with Crippen LogP contribution in [0.2, 0.25) is 0 Å². The number of nitrogens with zero attached hydrogens (tertiary/aromatic N) is 4. The van der Waals surface area contributed by atoms with Gasteiger partial charge in [-0.25, -0.2) is 8.42 Å². The smallest absolute Gasteiger partial charge is 0.267 e. The molecule has 0 radical (unpaired) electrons. The molecular weight excluding hydrogens is 522 g/mol. The maximum absolute atomic E-state index is 13.7. The maximum Gasteiger partial charge on any atom is 0.267 e. The lowest BCUT2D eigenvalue weighted by molar-refractivity contribution is 0.0341. The van der Waals surface area contributed by atoms with Crippen LogP contribution in [0.5, 0.6) is 5.75 Å². The molecule has 210 valence electrons. The molecule has 3 aromatic rings. The number of carbonyl (C=O) groups excluding carboxylic acids is 1. The quantitative estimate of drug-likeness (QED) is 0.407. The van der Waals surface area contributed by atoms with Crippen molar-refractivity contribution in [3.05, 3.63) is 65.3 Å². The Kier molecular flexibility index (Phi) is 8.57. The van der Waals surface area contributed by atoms with Crippen molar-refractivity contribution >= 4 is 21.6 Å². The van der Waals surface area contributed by atoms with Crippen molar-refractivity contribution in [3.63, 3.8) is 0 Å². The van der Waals surface area contributed by atoms with Crippen LogP contribution in [0.1, 0.15) is 41.2 Å². The summed E-state index contributed by atoms with van der Waals surface area (Å²) < 4.78 is 40.1. The first kappa shape index (κ1) is 28.5. The maximum atomic E-state index is 13.7. The van der Waals surface area contributed by atoms with E-state index in [2.05, 4.69) is 19.8 Å². The summed E-state index contributed by atoms with van der Waals surface area (Å²) in [6.45, 7) is 8.30. The molecule has 0 unspecified atom stereocenters.